The second-order valence-corrected chi connectivity index (χ2v) is 10.5. The summed E-state index contributed by atoms with van der Waals surface area (Å²) in [7, 11) is -3.58. The van der Waals surface area contributed by atoms with Crippen LogP contribution >= 0.6 is 0 Å². The van der Waals surface area contributed by atoms with Crippen LogP contribution in [0.25, 0.3) is 0 Å². The fourth-order valence-electron chi connectivity index (χ4n) is 4.49. The molecule has 2 aliphatic heterocycles. The van der Waals surface area contributed by atoms with E-state index < -0.39 is 10.0 Å². The van der Waals surface area contributed by atoms with Crippen LogP contribution in [0.4, 0.5) is 5.82 Å². The quantitative estimate of drug-likeness (QED) is 0.578. The first-order chi connectivity index (χ1) is 16.0. The molecule has 0 unspecified atom stereocenters. The highest BCUT2D eigenvalue weighted by Gasteiger charge is 2.32. The number of benzene rings is 2. The van der Waals surface area contributed by atoms with E-state index in [0.717, 1.165) is 36.0 Å². The van der Waals surface area contributed by atoms with Gasteiger partial charge in [0.15, 0.2) is 0 Å². The largest absolute Gasteiger partial charge is 0.378 e. The number of aromatic nitrogens is 2. The van der Waals surface area contributed by atoms with Gasteiger partial charge in [-0.15, -0.1) is 0 Å². The molecule has 0 saturated carbocycles. The second kappa shape index (κ2) is 9.21. The van der Waals surface area contributed by atoms with E-state index in [1.54, 1.807) is 28.6 Å². The van der Waals surface area contributed by atoms with Crippen molar-refractivity contribution in [3.63, 3.8) is 0 Å². The molecule has 33 heavy (non-hydrogen) atoms. The van der Waals surface area contributed by atoms with E-state index in [9.17, 15) is 8.42 Å². The Bertz CT molecular complexity index is 1240. The van der Waals surface area contributed by atoms with Crippen molar-refractivity contribution in [3.8, 4) is 0 Å². The van der Waals surface area contributed by atoms with E-state index in [2.05, 4.69) is 36.1 Å². The van der Waals surface area contributed by atoms with Crippen LogP contribution in [-0.4, -0.2) is 55.5 Å². The van der Waals surface area contributed by atoms with Crippen molar-refractivity contribution < 1.29 is 13.2 Å². The maximum atomic E-state index is 13.3. The molecule has 1 aromatic heterocycles. The normalized spacial score (nSPS) is 17.1. The van der Waals surface area contributed by atoms with Gasteiger partial charge in [-0.3, -0.25) is 0 Å². The van der Waals surface area contributed by atoms with Crippen LogP contribution in [0, 0.1) is 6.92 Å². The molecule has 0 aliphatic carbocycles. The van der Waals surface area contributed by atoms with Gasteiger partial charge in [0, 0.05) is 44.6 Å². The van der Waals surface area contributed by atoms with Crippen LogP contribution in [0.15, 0.2) is 59.5 Å². The number of rotatable bonds is 5. The Labute approximate surface area is 195 Å². The molecule has 2 aromatic carbocycles. The van der Waals surface area contributed by atoms with Crippen LogP contribution in [0.5, 0.6) is 0 Å². The number of fused-ring (bicyclic) bond motifs is 1. The summed E-state index contributed by atoms with van der Waals surface area (Å²) < 4.78 is 33.7. The van der Waals surface area contributed by atoms with Crippen LogP contribution in [0.2, 0.25) is 0 Å². The zero-order valence-electron chi connectivity index (χ0n) is 18.8. The number of anilines is 1. The number of ether oxygens (including phenoxy) is 1. The number of aryl methyl sites for hydroxylation is 1. The molecule has 2 aliphatic rings. The van der Waals surface area contributed by atoms with Crippen LogP contribution < -0.4 is 4.90 Å². The Morgan fingerprint density at radius 1 is 0.970 bits per heavy atom. The van der Waals surface area contributed by atoms with Crippen molar-refractivity contribution in [1.82, 2.24) is 14.3 Å². The highest BCUT2D eigenvalue weighted by molar-refractivity contribution is 7.89. The Kier molecular flexibility index (Phi) is 6.14. The first-order valence-electron chi connectivity index (χ1n) is 11.3. The highest BCUT2D eigenvalue weighted by atomic mass is 32.2. The van der Waals surface area contributed by atoms with E-state index >= 15 is 0 Å². The summed E-state index contributed by atoms with van der Waals surface area (Å²) in [5.41, 5.74) is 4.25. The van der Waals surface area contributed by atoms with E-state index in [0.29, 0.717) is 37.5 Å². The lowest BCUT2D eigenvalue weighted by Crippen LogP contribution is -2.41. The molecule has 0 spiro atoms. The Balaban J connectivity index is 1.51. The van der Waals surface area contributed by atoms with E-state index in [4.69, 9.17) is 14.7 Å². The van der Waals surface area contributed by atoms with Crippen molar-refractivity contribution >= 4 is 15.8 Å². The summed E-state index contributed by atoms with van der Waals surface area (Å²) in [5.74, 6) is 1.62. The topological polar surface area (TPSA) is 75.6 Å². The lowest BCUT2D eigenvalue weighted by molar-refractivity contribution is 0.122. The van der Waals surface area contributed by atoms with Crippen molar-refractivity contribution in [3.05, 3.63) is 82.8 Å². The number of hydrogen-bond donors (Lipinski definition) is 0. The summed E-state index contributed by atoms with van der Waals surface area (Å²) in [6.45, 7) is 5.52. The summed E-state index contributed by atoms with van der Waals surface area (Å²) in [6, 6.07) is 17.0. The number of hydrogen-bond acceptors (Lipinski definition) is 6. The van der Waals surface area contributed by atoms with Crippen LogP contribution in [-0.2, 0) is 34.1 Å². The molecule has 0 bridgehead atoms. The summed E-state index contributed by atoms with van der Waals surface area (Å²) >= 11 is 0. The minimum absolute atomic E-state index is 0.282. The Morgan fingerprint density at radius 2 is 1.76 bits per heavy atom. The SMILES string of the molecule is Cc1cccc(Cc2nc3c(c(N4CCOCC4)n2)CN(S(=O)(=O)c2ccccc2)CC3)c1. The predicted molar refractivity (Wildman–Crippen MR) is 127 cm³/mol. The Morgan fingerprint density at radius 3 is 2.52 bits per heavy atom. The molecule has 172 valence electrons. The molecular weight excluding hydrogens is 436 g/mol. The van der Waals surface area contributed by atoms with E-state index in [1.807, 2.05) is 6.07 Å². The van der Waals surface area contributed by atoms with Crippen molar-refractivity contribution in [2.24, 2.45) is 0 Å². The molecule has 5 rings (SSSR count). The lowest BCUT2D eigenvalue weighted by atomic mass is 10.1. The molecule has 3 aromatic rings. The van der Waals surface area contributed by atoms with Crippen LogP contribution in [0.1, 0.15) is 28.2 Å². The van der Waals surface area contributed by atoms with Crippen molar-refractivity contribution in [2.75, 3.05) is 37.7 Å². The molecule has 0 radical (unpaired) electrons. The third-order valence-electron chi connectivity index (χ3n) is 6.19. The third-order valence-corrected chi connectivity index (χ3v) is 8.05. The fraction of sp³-hybridized carbons (Fsp3) is 0.360. The van der Waals surface area contributed by atoms with Crippen molar-refractivity contribution in [2.45, 2.75) is 31.2 Å². The summed E-state index contributed by atoms with van der Waals surface area (Å²) in [4.78, 5) is 12.4. The van der Waals surface area contributed by atoms with Crippen LogP contribution in [0.3, 0.4) is 0 Å². The van der Waals surface area contributed by atoms with Crippen molar-refractivity contribution in [1.29, 1.82) is 0 Å². The highest BCUT2D eigenvalue weighted by Crippen LogP contribution is 2.31. The minimum Gasteiger partial charge on any atom is -0.378 e. The minimum atomic E-state index is -3.58. The molecule has 3 heterocycles. The molecule has 1 fully saturated rings. The molecule has 1 saturated heterocycles. The van der Waals surface area contributed by atoms with E-state index in [1.165, 1.54) is 11.1 Å². The average molecular weight is 465 g/mol. The van der Waals surface area contributed by atoms with Gasteiger partial charge in [-0.25, -0.2) is 18.4 Å². The third kappa shape index (κ3) is 4.64. The fourth-order valence-corrected chi connectivity index (χ4v) is 5.92. The number of sulfonamides is 1. The lowest BCUT2D eigenvalue weighted by Gasteiger charge is -2.34. The smallest absolute Gasteiger partial charge is 0.243 e. The maximum absolute atomic E-state index is 13.3. The monoisotopic (exact) mass is 464 g/mol. The van der Waals surface area contributed by atoms with Gasteiger partial charge in [0.2, 0.25) is 10.0 Å². The van der Waals surface area contributed by atoms with Gasteiger partial charge in [0.05, 0.1) is 23.8 Å². The number of morpholine rings is 1. The van der Waals surface area contributed by atoms with Gasteiger partial charge in [0.1, 0.15) is 11.6 Å². The zero-order valence-corrected chi connectivity index (χ0v) is 19.6. The average Bonchev–Trinajstić information content (AvgIpc) is 2.84. The molecular formula is C25H28N4O3S. The summed E-state index contributed by atoms with van der Waals surface area (Å²) in [5, 5.41) is 0. The van der Waals surface area contributed by atoms with Gasteiger partial charge >= 0.3 is 0 Å². The molecule has 0 atom stereocenters. The first kappa shape index (κ1) is 22.0. The predicted octanol–water partition coefficient (Wildman–Crippen LogP) is 2.96. The van der Waals surface area contributed by atoms with Gasteiger partial charge in [-0.05, 0) is 24.6 Å². The number of nitrogens with zero attached hydrogens (tertiary/aromatic N) is 4. The summed E-state index contributed by atoms with van der Waals surface area (Å²) in [6.07, 6.45) is 1.22. The first-order valence-corrected chi connectivity index (χ1v) is 12.8. The zero-order chi connectivity index (χ0) is 22.8. The van der Waals surface area contributed by atoms with Gasteiger partial charge in [0.25, 0.3) is 0 Å². The second-order valence-electron chi connectivity index (χ2n) is 8.56. The van der Waals surface area contributed by atoms with Gasteiger partial charge in [-0.2, -0.15) is 4.31 Å². The van der Waals surface area contributed by atoms with Gasteiger partial charge < -0.3 is 9.64 Å². The van der Waals surface area contributed by atoms with Gasteiger partial charge in [-0.1, -0.05) is 48.0 Å². The standard InChI is InChI=1S/C25H28N4O3S/c1-19-6-5-7-20(16-19)17-24-26-23-10-11-29(33(30,31)21-8-3-2-4-9-21)18-22(23)25(27-24)28-12-14-32-15-13-28/h2-9,16H,10-15,17-18H2,1H3. The molecule has 7 nitrogen and oxygen atoms in total. The molecule has 0 N–H and O–H groups in total. The van der Waals surface area contributed by atoms with E-state index in [-0.39, 0.29) is 6.54 Å². The molecule has 8 heteroatoms. The maximum Gasteiger partial charge on any atom is 0.243 e. The molecule has 0 amide bonds. The Hall–Kier alpha value is -2.81.